The van der Waals surface area contributed by atoms with E-state index in [1.54, 1.807) is 4.90 Å². The molecule has 8 nitrogen and oxygen atoms in total. The van der Waals surface area contributed by atoms with Gasteiger partial charge in [0, 0.05) is 94.3 Å². The van der Waals surface area contributed by atoms with Crippen molar-refractivity contribution in [2.75, 3.05) is 62.2 Å². The Balaban J connectivity index is 1.13. The number of hydrogen-bond acceptors (Lipinski definition) is 6. The number of aromatic nitrogens is 1. The molecule has 2 aliphatic heterocycles. The van der Waals surface area contributed by atoms with E-state index in [2.05, 4.69) is 59.9 Å². The maximum absolute atomic E-state index is 14.8. The number of amides is 2. The quantitative estimate of drug-likeness (QED) is 0.118. The van der Waals surface area contributed by atoms with Crippen molar-refractivity contribution in [1.29, 1.82) is 0 Å². The van der Waals surface area contributed by atoms with Gasteiger partial charge in [0.2, 0.25) is 11.8 Å². The predicted molar refractivity (Wildman–Crippen MR) is 226 cm³/mol. The van der Waals surface area contributed by atoms with Gasteiger partial charge in [0.1, 0.15) is 11.9 Å². The lowest BCUT2D eigenvalue weighted by molar-refractivity contribution is -0.145. The molecule has 1 atom stereocenters. The van der Waals surface area contributed by atoms with Crippen molar-refractivity contribution >= 4 is 45.3 Å². The largest absolute Gasteiger partial charge is 0.416 e. The number of rotatable bonds is 12. The molecule has 7 rings (SSSR count). The molecule has 2 saturated heterocycles. The summed E-state index contributed by atoms with van der Waals surface area (Å²) in [6, 6.07) is 35.8. The highest BCUT2D eigenvalue weighted by atomic mass is 79.9. The topological polar surface area (TPSA) is 63.2 Å². The SMILES string of the molecule is O=C([C@H](Cc1ccccc1Br)N(Cc1ccc(N2CCN(c3ccccn3)CC2)cc1)C(=O)/C=C/c1ccc(C(F)(F)F)cc1)N1CCN(Cc2ccccc2)CC1. The van der Waals surface area contributed by atoms with E-state index in [4.69, 9.17) is 0 Å². The van der Waals surface area contributed by atoms with Crippen molar-refractivity contribution in [2.45, 2.75) is 31.7 Å². The van der Waals surface area contributed by atoms with Crippen molar-refractivity contribution in [2.24, 2.45) is 0 Å². The minimum absolute atomic E-state index is 0.145. The zero-order valence-electron chi connectivity index (χ0n) is 32.1. The summed E-state index contributed by atoms with van der Waals surface area (Å²) in [5.74, 6) is 0.409. The van der Waals surface area contributed by atoms with Crippen molar-refractivity contribution in [1.82, 2.24) is 19.7 Å². The molecule has 0 radical (unpaired) electrons. The first-order valence-corrected chi connectivity index (χ1v) is 20.3. The maximum Gasteiger partial charge on any atom is 0.416 e. The summed E-state index contributed by atoms with van der Waals surface area (Å²) in [7, 11) is 0. The molecular weight excluding hydrogens is 805 g/mol. The molecule has 2 aliphatic rings. The molecule has 1 aromatic heterocycles. The first-order valence-electron chi connectivity index (χ1n) is 19.5. The Bertz CT molecular complexity index is 2140. The van der Waals surface area contributed by atoms with Gasteiger partial charge in [-0.05, 0) is 70.8 Å². The van der Waals surface area contributed by atoms with E-state index in [1.807, 2.05) is 83.9 Å². The van der Waals surface area contributed by atoms with Crippen molar-refractivity contribution in [3.05, 3.63) is 166 Å². The highest BCUT2D eigenvalue weighted by Crippen LogP contribution is 2.30. The molecule has 58 heavy (non-hydrogen) atoms. The van der Waals surface area contributed by atoms with Crippen LogP contribution in [0.15, 0.2) is 138 Å². The molecule has 0 N–H and O–H groups in total. The van der Waals surface area contributed by atoms with Gasteiger partial charge >= 0.3 is 6.18 Å². The standard InChI is InChI=1S/C46H46BrF3N6O2/c47-41-11-5-4-10-38(41)32-42(45(58)55-26-24-52(25-27-55)33-36-8-2-1-3-9-36)56(44(57)22-17-35-13-18-39(19-14-35)46(48,49)50)34-37-15-20-40(21-16-37)53-28-30-54(31-29-53)43-12-6-7-23-51-43/h1-23,42H,24-34H2/b22-17+/t42-/m0/s1. The van der Waals surface area contributed by atoms with Crippen LogP contribution in [-0.4, -0.2) is 89.9 Å². The van der Waals surface area contributed by atoms with Crippen LogP contribution in [0.3, 0.4) is 0 Å². The van der Waals surface area contributed by atoms with Gasteiger partial charge in [-0.2, -0.15) is 13.2 Å². The zero-order valence-corrected chi connectivity index (χ0v) is 33.7. The molecule has 0 bridgehead atoms. The molecule has 0 spiro atoms. The van der Waals surface area contributed by atoms with Crippen LogP contribution in [0.1, 0.15) is 27.8 Å². The number of halogens is 4. The van der Waals surface area contributed by atoms with Crippen molar-refractivity contribution in [3.8, 4) is 0 Å². The number of benzene rings is 4. The first-order chi connectivity index (χ1) is 28.1. The molecule has 2 amide bonds. The van der Waals surface area contributed by atoms with Gasteiger partial charge in [-0.3, -0.25) is 14.5 Å². The Morgan fingerprint density at radius 3 is 2.03 bits per heavy atom. The second kappa shape index (κ2) is 18.9. The smallest absolute Gasteiger partial charge is 0.368 e. The number of carbonyl (C=O) groups is 2. The van der Waals surface area contributed by atoms with E-state index < -0.39 is 23.7 Å². The van der Waals surface area contributed by atoms with Gasteiger partial charge in [0.15, 0.2) is 0 Å². The number of pyridine rings is 1. The lowest BCUT2D eigenvalue weighted by atomic mass is 10.0. The van der Waals surface area contributed by atoms with Gasteiger partial charge in [-0.1, -0.05) is 94.8 Å². The van der Waals surface area contributed by atoms with Gasteiger partial charge in [0.05, 0.1) is 5.56 Å². The summed E-state index contributed by atoms with van der Waals surface area (Å²) in [5.41, 5.74) is 3.69. The number of anilines is 2. The normalized spacial score (nSPS) is 15.8. The summed E-state index contributed by atoms with van der Waals surface area (Å²) in [6.45, 7) is 6.71. The number of alkyl halides is 3. The molecule has 5 aromatic rings. The fourth-order valence-electron chi connectivity index (χ4n) is 7.51. The summed E-state index contributed by atoms with van der Waals surface area (Å²) >= 11 is 3.67. The Morgan fingerprint density at radius 2 is 1.38 bits per heavy atom. The van der Waals surface area contributed by atoms with Crippen LogP contribution in [0.4, 0.5) is 24.7 Å². The van der Waals surface area contributed by atoms with Gasteiger partial charge in [-0.25, -0.2) is 4.98 Å². The Kier molecular flexibility index (Phi) is 13.2. The zero-order chi connectivity index (χ0) is 40.5. The average molecular weight is 852 g/mol. The van der Waals surface area contributed by atoms with Gasteiger partial charge < -0.3 is 19.6 Å². The molecule has 3 heterocycles. The second-order valence-corrected chi connectivity index (χ2v) is 15.5. The number of piperazine rings is 2. The molecule has 4 aromatic carbocycles. The Morgan fingerprint density at radius 1 is 0.724 bits per heavy atom. The summed E-state index contributed by atoms with van der Waals surface area (Å²) in [4.78, 5) is 44.1. The van der Waals surface area contributed by atoms with Crippen LogP contribution < -0.4 is 9.80 Å². The summed E-state index contributed by atoms with van der Waals surface area (Å²) in [6.07, 6.45) is 0.471. The lowest BCUT2D eigenvalue weighted by Gasteiger charge is -2.39. The molecule has 300 valence electrons. The van der Waals surface area contributed by atoms with Crippen molar-refractivity contribution < 1.29 is 22.8 Å². The third-order valence-corrected chi connectivity index (χ3v) is 11.6. The summed E-state index contributed by atoms with van der Waals surface area (Å²) < 4.78 is 40.7. The number of hydrogen-bond donors (Lipinski definition) is 0. The summed E-state index contributed by atoms with van der Waals surface area (Å²) in [5, 5.41) is 0. The minimum Gasteiger partial charge on any atom is -0.368 e. The van der Waals surface area contributed by atoms with Crippen LogP contribution >= 0.6 is 15.9 Å². The van der Waals surface area contributed by atoms with Gasteiger partial charge in [-0.15, -0.1) is 0 Å². The second-order valence-electron chi connectivity index (χ2n) is 14.6. The molecule has 0 aliphatic carbocycles. The average Bonchev–Trinajstić information content (AvgIpc) is 3.25. The first kappa shape index (κ1) is 40.7. The van der Waals surface area contributed by atoms with Crippen LogP contribution in [-0.2, 0) is 35.3 Å². The molecule has 0 unspecified atom stereocenters. The van der Waals surface area contributed by atoms with E-state index in [9.17, 15) is 22.8 Å². The van der Waals surface area contributed by atoms with Crippen LogP contribution in [0.25, 0.3) is 6.08 Å². The van der Waals surface area contributed by atoms with E-state index in [0.29, 0.717) is 31.7 Å². The van der Waals surface area contributed by atoms with E-state index in [-0.39, 0.29) is 18.9 Å². The van der Waals surface area contributed by atoms with Crippen LogP contribution in [0.2, 0.25) is 0 Å². The third-order valence-electron chi connectivity index (χ3n) is 10.8. The predicted octanol–water partition coefficient (Wildman–Crippen LogP) is 8.19. The molecular formula is C46H46BrF3N6O2. The van der Waals surface area contributed by atoms with E-state index >= 15 is 0 Å². The monoisotopic (exact) mass is 850 g/mol. The highest BCUT2D eigenvalue weighted by molar-refractivity contribution is 9.10. The maximum atomic E-state index is 14.8. The Labute approximate surface area is 346 Å². The van der Waals surface area contributed by atoms with E-state index in [1.165, 1.54) is 29.8 Å². The number of nitrogens with zero attached hydrogens (tertiary/aromatic N) is 6. The number of carbonyl (C=O) groups excluding carboxylic acids is 2. The van der Waals surface area contributed by atoms with Crippen molar-refractivity contribution in [3.63, 3.8) is 0 Å². The fourth-order valence-corrected chi connectivity index (χ4v) is 7.96. The third kappa shape index (κ3) is 10.5. The minimum atomic E-state index is -4.47. The Hall–Kier alpha value is -5.46. The molecule has 12 heteroatoms. The lowest BCUT2D eigenvalue weighted by Crippen LogP contribution is -2.56. The molecule has 2 fully saturated rings. The van der Waals surface area contributed by atoms with Crippen LogP contribution in [0, 0.1) is 0 Å². The van der Waals surface area contributed by atoms with Gasteiger partial charge in [0.25, 0.3) is 0 Å². The fraction of sp³-hybridized carbons (Fsp3) is 0.283. The van der Waals surface area contributed by atoms with E-state index in [0.717, 1.165) is 72.0 Å². The highest BCUT2D eigenvalue weighted by Gasteiger charge is 2.35. The molecule has 0 saturated carbocycles. The van der Waals surface area contributed by atoms with Crippen LogP contribution in [0.5, 0.6) is 0 Å².